The van der Waals surface area contributed by atoms with Crippen molar-refractivity contribution in [3.63, 3.8) is 0 Å². The second-order valence-corrected chi connectivity index (χ2v) is 45.5. The quantitative estimate of drug-likeness (QED) is 0.0364. The average molecular weight is 1310 g/mol. The number of esters is 1. The third-order valence-corrected chi connectivity index (χ3v) is 38.0. The van der Waals surface area contributed by atoms with Crippen LogP contribution < -0.4 is 25.3 Å². The highest BCUT2D eigenvalue weighted by Gasteiger charge is 2.47. The summed E-state index contributed by atoms with van der Waals surface area (Å²) in [5.41, 5.74) is 11.7. The molecule has 1 amide bonds. The molecule has 1 rings (SSSR count). The maximum absolute atomic E-state index is 13.1. The van der Waals surface area contributed by atoms with E-state index >= 15 is 0 Å². The van der Waals surface area contributed by atoms with Crippen molar-refractivity contribution in [3.05, 3.63) is 17.7 Å². The van der Waals surface area contributed by atoms with Gasteiger partial charge in [-0.15, -0.1) is 0 Å². The highest BCUT2D eigenvalue weighted by Crippen LogP contribution is 2.45. The summed E-state index contributed by atoms with van der Waals surface area (Å²) in [4.78, 5) is 37.1. The van der Waals surface area contributed by atoms with E-state index in [1.54, 1.807) is 0 Å². The lowest BCUT2D eigenvalue weighted by Crippen LogP contribution is -2.47. The van der Waals surface area contributed by atoms with Crippen molar-refractivity contribution in [1.29, 1.82) is 0 Å². The fraction of sp³-hybridized carbons (Fsp3) is 0.878. The average Bonchev–Trinajstić information content (AvgIpc) is 1.33. The Morgan fingerprint density at radius 3 is 0.955 bits per heavy atom. The lowest BCUT2D eigenvalue weighted by Gasteiger charge is -2.42. The van der Waals surface area contributed by atoms with Gasteiger partial charge in [-0.1, -0.05) is 259 Å². The van der Waals surface area contributed by atoms with Gasteiger partial charge in [-0.2, -0.15) is 0 Å². The van der Waals surface area contributed by atoms with Crippen LogP contribution in [-0.4, -0.2) is 95.3 Å². The number of carbonyl (C=O) groups excluding carboxylic acids is 3. The largest absolute Gasteiger partial charge is 0.490 e. The van der Waals surface area contributed by atoms with E-state index in [1.165, 1.54) is 109 Å². The van der Waals surface area contributed by atoms with E-state index in [2.05, 4.69) is 130 Å². The number of rotatable bonds is 59. The molecule has 0 radical (unpaired) electrons. The number of nitrogens with one attached hydrogen (secondary N) is 1. The first kappa shape index (κ1) is 84.7. The molecule has 0 unspecified atom stereocenters. The molecule has 0 aromatic heterocycles. The fourth-order valence-electron chi connectivity index (χ4n) is 15.0. The van der Waals surface area contributed by atoms with Crippen LogP contribution >= 0.6 is 0 Å². The maximum Gasteiger partial charge on any atom is 0.306 e. The van der Waals surface area contributed by atoms with Gasteiger partial charge < -0.3 is 43.3 Å². The predicted octanol–water partition coefficient (Wildman–Crippen LogP) is 21.4. The predicted molar refractivity (Wildman–Crippen MR) is 385 cm³/mol. The fourth-order valence-corrected chi connectivity index (χ4v) is 31.5. The van der Waals surface area contributed by atoms with Gasteiger partial charge in [0.1, 0.15) is 6.61 Å². The van der Waals surface area contributed by atoms with Gasteiger partial charge in [0.25, 0.3) is 0 Å². The topological polar surface area (TPSA) is 154 Å². The lowest BCUT2D eigenvalue weighted by molar-refractivity contribution is -0.146. The Morgan fingerprint density at radius 2 is 0.652 bits per heavy atom. The highest BCUT2D eigenvalue weighted by atomic mass is 28.4. The zero-order valence-corrected chi connectivity index (χ0v) is 64.4. The Hall–Kier alpha value is -2.28. The van der Waals surface area contributed by atoms with Gasteiger partial charge >= 0.3 is 5.97 Å². The summed E-state index contributed by atoms with van der Waals surface area (Å²) < 4.78 is 46.2. The van der Waals surface area contributed by atoms with Crippen molar-refractivity contribution in [2.24, 2.45) is 5.73 Å². The molecule has 0 aliphatic carbocycles. The molecule has 0 aliphatic heterocycles. The number of benzene rings is 1. The number of amides is 1. The molecule has 89 heavy (non-hydrogen) atoms. The first-order chi connectivity index (χ1) is 42.4. The molecule has 15 heteroatoms. The molecule has 0 saturated heterocycles. The SMILES string of the molecule is CC(C)[Si](OCCCCCCCCCCCOc1ccc(COC(=O)CCC(=O)CNC(=O)CN)c(OCCCCCCCCCCCO[Si](C(C)C)(C(C)C)C(C)C)c1OCCCCCCCCCCCO[Si](C(C)C)(C(C)C)C(C)C)(C(C)C)C(C)C. The third-order valence-electron chi connectivity index (χ3n) is 19.6. The molecule has 1 aromatic rings. The van der Waals surface area contributed by atoms with Crippen molar-refractivity contribution in [2.75, 3.05) is 52.7 Å². The number of nitrogens with two attached hydrogens (primary N) is 1. The monoisotopic (exact) mass is 1310 g/mol. The van der Waals surface area contributed by atoms with Crippen molar-refractivity contribution >= 4 is 42.6 Å². The van der Waals surface area contributed by atoms with E-state index in [4.69, 9.17) is 38.0 Å². The number of hydrogen-bond acceptors (Lipinski definition) is 11. The van der Waals surface area contributed by atoms with Gasteiger partial charge in [0.15, 0.2) is 42.2 Å². The summed E-state index contributed by atoms with van der Waals surface area (Å²) in [5.74, 6) is 0.627. The van der Waals surface area contributed by atoms with E-state index in [-0.39, 0.29) is 38.3 Å². The Kier molecular flexibility index (Phi) is 46.9. The Balaban J connectivity index is 3.01. The Bertz CT molecular complexity index is 1900. The number of ether oxygens (including phenoxy) is 4. The van der Waals surface area contributed by atoms with Gasteiger partial charge in [0.2, 0.25) is 11.7 Å². The Morgan fingerprint density at radius 1 is 0.371 bits per heavy atom. The van der Waals surface area contributed by atoms with E-state index in [1.807, 2.05) is 12.1 Å². The minimum Gasteiger partial charge on any atom is -0.490 e. The summed E-state index contributed by atoms with van der Waals surface area (Å²) in [5, 5.41) is 2.48. The molecule has 1 aromatic carbocycles. The molecule has 0 aliphatic rings. The summed E-state index contributed by atoms with van der Waals surface area (Å²) >= 11 is 0. The number of ketones is 1. The van der Waals surface area contributed by atoms with Gasteiger partial charge in [0, 0.05) is 31.8 Å². The van der Waals surface area contributed by atoms with Crippen LogP contribution in [0.3, 0.4) is 0 Å². The van der Waals surface area contributed by atoms with E-state index < -0.39 is 36.8 Å². The third kappa shape index (κ3) is 32.1. The lowest BCUT2D eigenvalue weighted by atomic mass is 10.1. The standard InChI is InChI=1S/C74H144N2O10Si3/c1-59(2)87(60(3)4,61(5)6)84-53-43-37-31-25-19-22-28-34-40-50-80-70-48-46-68(58-83-72(79)49-47-69(77)57-76-71(78)56-75)73(81-51-41-35-29-23-20-26-32-38-44-54-85-88(62(7)8,63(9)10)64(11)12)74(70)82-52-42-36-30-24-21-27-33-39-45-55-86-89(65(13)14,66(15)16)67(17)18/h46,48,59-67H,19-45,47,49-58,75H2,1-18H3,(H,76,78). The number of carbonyl (C=O) groups is 3. The van der Waals surface area contributed by atoms with Crippen molar-refractivity contribution in [3.8, 4) is 17.2 Å². The van der Waals surface area contributed by atoms with Crippen LogP contribution in [0.4, 0.5) is 0 Å². The molecular weight excluding hydrogens is 1160 g/mol. The minimum atomic E-state index is -1.80. The summed E-state index contributed by atoms with van der Waals surface area (Å²) in [6.07, 6.45) is 31.6. The molecule has 3 N–H and O–H groups in total. The zero-order valence-electron chi connectivity index (χ0n) is 61.4. The molecule has 0 fully saturated rings. The summed E-state index contributed by atoms with van der Waals surface area (Å²) in [6, 6.07) is 3.86. The van der Waals surface area contributed by atoms with E-state index in [0.29, 0.717) is 92.5 Å². The summed E-state index contributed by atoms with van der Waals surface area (Å²) in [6.45, 7) is 46.5. The number of hydrogen-bond donors (Lipinski definition) is 2. The minimum absolute atomic E-state index is 0.0290. The summed E-state index contributed by atoms with van der Waals surface area (Å²) in [7, 11) is -5.39. The van der Waals surface area contributed by atoms with E-state index in [0.717, 1.165) is 84.0 Å². The Labute approximate surface area is 552 Å². The normalized spacial score (nSPS) is 12.6. The van der Waals surface area contributed by atoms with Crippen LogP contribution in [-0.2, 0) is 39.0 Å². The molecule has 12 nitrogen and oxygen atoms in total. The molecule has 0 bridgehead atoms. The first-order valence-corrected chi connectivity index (χ1v) is 43.4. The molecule has 0 heterocycles. The van der Waals surface area contributed by atoms with Crippen LogP contribution in [0, 0.1) is 0 Å². The van der Waals surface area contributed by atoms with E-state index in [9.17, 15) is 14.4 Å². The number of Topliss-reactive ketones (excluding diaryl/α,β-unsaturated/α-hetero) is 1. The van der Waals surface area contributed by atoms with Crippen LogP contribution in [0.25, 0.3) is 0 Å². The molecule has 522 valence electrons. The zero-order chi connectivity index (χ0) is 66.7. The first-order valence-electron chi connectivity index (χ1n) is 37.0. The van der Waals surface area contributed by atoms with Crippen molar-refractivity contribution in [1.82, 2.24) is 5.32 Å². The van der Waals surface area contributed by atoms with Gasteiger partial charge in [-0.05, 0) is 101 Å². The van der Waals surface area contributed by atoms with Crippen molar-refractivity contribution in [2.45, 2.75) is 367 Å². The van der Waals surface area contributed by atoms with Gasteiger partial charge in [-0.25, -0.2) is 0 Å². The molecule has 0 spiro atoms. The van der Waals surface area contributed by atoms with Crippen LogP contribution in [0.1, 0.15) is 316 Å². The molecule has 0 saturated carbocycles. The van der Waals surface area contributed by atoms with Crippen LogP contribution in [0.15, 0.2) is 12.1 Å². The van der Waals surface area contributed by atoms with Crippen LogP contribution in [0.5, 0.6) is 17.2 Å². The van der Waals surface area contributed by atoms with Gasteiger partial charge in [-0.3, -0.25) is 14.4 Å². The highest BCUT2D eigenvalue weighted by molar-refractivity contribution is 6.78. The van der Waals surface area contributed by atoms with Crippen LogP contribution in [0.2, 0.25) is 49.9 Å². The smallest absolute Gasteiger partial charge is 0.306 e. The molecule has 0 atom stereocenters. The van der Waals surface area contributed by atoms with Gasteiger partial charge in [0.05, 0.1) is 39.3 Å². The maximum atomic E-state index is 13.1. The second-order valence-electron chi connectivity index (χ2n) is 29.2. The van der Waals surface area contributed by atoms with Crippen molar-refractivity contribution < 1.29 is 46.6 Å². The number of unbranched alkanes of at least 4 members (excludes halogenated alkanes) is 24. The molecular formula is C74H144N2O10Si3. The second kappa shape index (κ2) is 49.3.